The summed E-state index contributed by atoms with van der Waals surface area (Å²) in [6.07, 6.45) is 5.16. The van der Waals surface area contributed by atoms with E-state index in [0.717, 1.165) is 11.4 Å². The molecule has 0 amide bonds. The van der Waals surface area contributed by atoms with Crippen molar-refractivity contribution in [2.24, 2.45) is 4.99 Å². The Kier molecular flexibility index (Phi) is 11.7. The molecule has 0 saturated carbocycles. The van der Waals surface area contributed by atoms with Crippen molar-refractivity contribution >= 4 is 6.21 Å². The smallest absolute Gasteiger partial charge is 0.0812 e. The summed E-state index contributed by atoms with van der Waals surface area (Å²) in [7, 11) is 1.81. The quantitative estimate of drug-likeness (QED) is 0.522. The predicted molar refractivity (Wildman–Crippen MR) is 62.0 cm³/mol. The average molecular weight is 180 g/mol. The molecule has 0 heterocycles. The van der Waals surface area contributed by atoms with E-state index in [0.29, 0.717) is 0 Å². The van der Waals surface area contributed by atoms with Crippen LogP contribution < -0.4 is 5.32 Å². The van der Waals surface area contributed by atoms with Crippen molar-refractivity contribution in [3.05, 3.63) is 36.7 Å². The lowest BCUT2D eigenvalue weighted by Gasteiger charge is -2.02. The molecule has 2 heteroatoms. The van der Waals surface area contributed by atoms with Crippen LogP contribution in [0.4, 0.5) is 0 Å². The Hall–Kier alpha value is -1.31. The van der Waals surface area contributed by atoms with Gasteiger partial charge in [0.15, 0.2) is 0 Å². The predicted octanol–water partition coefficient (Wildman–Crippen LogP) is 2.91. The molecule has 1 N–H and O–H groups in total. The van der Waals surface area contributed by atoms with Crippen LogP contribution in [0.1, 0.15) is 20.8 Å². The number of likely N-dealkylation sites (N-methyl/N-ethyl adjacent to an activating group) is 1. The zero-order chi connectivity index (χ0) is 10.7. The van der Waals surface area contributed by atoms with Crippen molar-refractivity contribution in [3.8, 4) is 0 Å². The maximum Gasteiger partial charge on any atom is 0.0812 e. The van der Waals surface area contributed by atoms with Crippen LogP contribution in [-0.2, 0) is 0 Å². The molecule has 0 aliphatic heterocycles. The second-order valence-corrected chi connectivity index (χ2v) is 1.92. The lowest BCUT2D eigenvalue weighted by atomic mass is 10.3. The maximum atomic E-state index is 4.09. The van der Waals surface area contributed by atoms with E-state index in [1.165, 1.54) is 0 Å². The third kappa shape index (κ3) is 7.06. The maximum absolute atomic E-state index is 4.09. The lowest BCUT2D eigenvalue weighted by molar-refractivity contribution is 0.996. The van der Waals surface area contributed by atoms with Crippen LogP contribution in [-0.4, -0.2) is 13.3 Å². The van der Waals surface area contributed by atoms with Gasteiger partial charge in [0.05, 0.1) is 11.4 Å². The van der Waals surface area contributed by atoms with Crippen LogP contribution in [0.25, 0.3) is 0 Å². The van der Waals surface area contributed by atoms with Gasteiger partial charge in [-0.3, -0.25) is 4.99 Å². The lowest BCUT2D eigenvalue weighted by Crippen LogP contribution is -2.05. The Morgan fingerprint density at radius 2 is 1.92 bits per heavy atom. The van der Waals surface area contributed by atoms with Gasteiger partial charge in [-0.25, -0.2) is 0 Å². The second-order valence-electron chi connectivity index (χ2n) is 1.92. The molecule has 0 bridgehead atoms. The number of nitrogens with zero attached hydrogens (tertiary/aromatic N) is 1. The SMILES string of the molecule is C=CC=N/C(=C\C)C(=C)NC.CC. The van der Waals surface area contributed by atoms with Gasteiger partial charge in [0.1, 0.15) is 0 Å². The minimum absolute atomic E-state index is 0.811. The molecule has 0 aromatic heterocycles. The fraction of sp³-hybridized carbons (Fsp3) is 0.364. The Morgan fingerprint density at radius 3 is 2.23 bits per heavy atom. The first kappa shape index (κ1) is 14.2. The molecule has 0 aromatic carbocycles. The van der Waals surface area contributed by atoms with E-state index < -0.39 is 0 Å². The van der Waals surface area contributed by atoms with Gasteiger partial charge in [0.25, 0.3) is 0 Å². The van der Waals surface area contributed by atoms with E-state index >= 15 is 0 Å². The van der Waals surface area contributed by atoms with Crippen LogP contribution in [0.3, 0.4) is 0 Å². The summed E-state index contributed by atoms with van der Waals surface area (Å²) >= 11 is 0. The minimum Gasteiger partial charge on any atom is -0.387 e. The van der Waals surface area contributed by atoms with Crippen LogP contribution in [0.5, 0.6) is 0 Å². The number of aliphatic imine (C=N–C) groups is 1. The van der Waals surface area contributed by atoms with Crippen molar-refractivity contribution in [3.63, 3.8) is 0 Å². The van der Waals surface area contributed by atoms with Gasteiger partial charge < -0.3 is 5.32 Å². The normalized spacial score (nSPS) is 10.3. The first-order valence-electron chi connectivity index (χ1n) is 4.44. The van der Waals surface area contributed by atoms with Crippen molar-refractivity contribution in [2.75, 3.05) is 7.05 Å². The van der Waals surface area contributed by atoms with Crippen LogP contribution >= 0.6 is 0 Å². The van der Waals surface area contributed by atoms with Gasteiger partial charge in [-0.05, 0) is 6.92 Å². The van der Waals surface area contributed by atoms with E-state index in [1.807, 2.05) is 33.9 Å². The minimum atomic E-state index is 0.811. The molecule has 0 fully saturated rings. The summed E-state index contributed by atoms with van der Waals surface area (Å²) in [6.45, 7) is 13.2. The molecule has 0 rings (SSSR count). The first-order valence-corrected chi connectivity index (χ1v) is 4.44. The van der Waals surface area contributed by atoms with Crippen LogP contribution in [0.2, 0.25) is 0 Å². The number of hydrogen-bond acceptors (Lipinski definition) is 2. The summed E-state index contributed by atoms with van der Waals surface area (Å²) in [6, 6.07) is 0. The monoisotopic (exact) mass is 180 g/mol. The molecule has 0 aliphatic rings. The Balaban J connectivity index is 0. The molecule has 0 aromatic rings. The summed E-state index contributed by atoms with van der Waals surface area (Å²) in [5, 5.41) is 2.91. The molecule has 0 spiro atoms. The van der Waals surface area contributed by atoms with E-state index in [9.17, 15) is 0 Å². The first-order chi connectivity index (χ1) is 6.26. The van der Waals surface area contributed by atoms with Crippen LogP contribution in [0, 0.1) is 0 Å². The third-order valence-corrected chi connectivity index (χ3v) is 1.20. The van der Waals surface area contributed by atoms with Gasteiger partial charge >= 0.3 is 0 Å². The zero-order valence-electron chi connectivity index (χ0n) is 9.09. The number of hydrogen-bond donors (Lipinski definition) is 1. The Labute approximate surface area is 81.8 Å². The van der Waals surface area contributed by atoms with Crippen molar-refractivity contribution in [1.82, 2.24) is 5.32 Å². The van der Waals surface area contributed by atoms with Crippen molar-refractivity contribution in [2.45, 2.75) is 20.8 Å². The number of nitrogens with one attached hydrogen (secondary N) is 1. The molecule has 0 saturated heterocycles. The zero-order valence-corrected chi connectivity index (χ0v) is 9.09. The summed E-state index contributed by atoms with van der Waals surface area (Å²) < 4.78 is 0. The molecule has 2 nitrogen and oxygen atoms in total. The molecule has 0 unspecified atom stereocenters. The van der Waals surface area contributed by atoms with Crippen molar-refractivity contribution < 1.29 is 0 Å². The van der Waals surface area contributed by atoms with Crippen LogP contribution in [0.15, 0.2) is 41.7 Å². The highest BCUT2D eigenvalue weighted by Crippen LogP contribution is 2.03. The third-order valence-electron chi connectivity index (χ3n) is 1.20. The Bertz CT molecular complexity index is 200. The Morgan fingerprint density at radius 1 is 1.38 bits per heavy atom. The fourth-order valence-corrected chi connectivity index (χ4v) is 0.588. The van der Waals surface area contributed by atoms with Gasteiger partial charge in [-0.2, -0.15) is 0 Å². The highest BCUT2D eigenvalue weighted by atomic mass is 14.9. The topological polar surface area (TPSA) is 24.4 Å². The number of rotatable bonds is 4. The second kappa shape index (κ2) is 10.7. The largest absolute Gasteiger partial charge is 0.387 e. The summed E-state index contributed by atoms with van der Waals surface area (Å²) in [5.74, 6) is 0. The molecule has 0 atom stereocenters. The summed E-state index contributed by atoms with van der Waals surface area (Å²) in [4.78, 5) is 4.09. The summed E-state index contributed by atoms with van der Waals surface area (Å²) in [5.41, 5.74) is 1.65. The standard InChI is InChI=1S/C9H14N2.C2H6/c1-5-7-11-9(6-2)8(3)10-4;1-2/h5-7,10H,1,3H2,2,4H3;1-2H3/b9-6-,11-7?;. The van der Waals surface area contributed by atoms with E-state index in [4.69, 9.17) is 0 Å². The molecular weight excluding hydrogens is 160 g/mol. The van der Waals surface area contributed by atoms with Gasteiger partial charge in [0.2, 0.25) is 0 Å². The fourth-order valence-electron chi connectivity index (χ4n) is 0.588. The average Bonchev–Trinajstić information content (AvgIpc) is 2.21. The van der Waals surface area contributed by atoms with E-state index in [1.54, 1.807) is 12.3 Å². The van der Waals surface area contributed by atoms with Gasteiger partial charge in [-0.15, -0.1) is 0 Å². The molecular formula is C11H20N2. The molecule has 13 heavy (non-hydrogen) atoms. The van der Waals surface area contributed by atoms with E-state index in [-0.39, 0.29) is 0 Å². The van der Waals surface area contributed by atoms with E-state index in [2.05, 4.69) is 23.5 Å². The molecule has 0 aliphatic carbocycles. The van der Waals surface area contributed by atoms with Gasteiger partial charge in [0, 0.05) is 13.3 Å². The molecule has 74 valence electrons. The van der Waals surface area contributed by atoms with Gasteiger partial charge in [-0.1, -0.05) is 39.2 Å². The number of allylic oxidation sites excluding steroid dienone is 2. The highest BCUT2D eigenvalue weighted by molar-refractivity contribution is 5.71. The molecule has 0 radical (unpaired) electrons. The highest BCUT2D eigenvalue weighted by Gasteiger charge is 1.93. The van der Waals surface area contributed by atoms with Crippen molar-refractivity contribution in [1.29, 1.82) is 0 Å².